The fraction of sp³-hybridized carbons (Fsp3) is 0.320. The average molecular weight is 503 g/mol. The standard InChI is InChI=1S/C25H24F3N3O5/c1-30-13-20(22(29-30)25(26,27)28)18-9-15(24(33)36-4)10-19-17(18)7-8-31(23(19)32)12-14-5-6-16(34-2)11-21(14)35-3/h5-6,9-11,13H,7-8,12H2,1-4H3. The number of aryl methyl sites for hydroxylation is 1. The number of esters is 1. The van der Waals surface area contributed by atoms with Gasteiger partial charge in [0.1, 0.15) is 11.5 Å². The number of ether oxygens (including phenoxy) is 3. The Balaban J connectivity index is 1.80. The highest BCUT2D eigenvalue weighted by atomic mass is 19.4. The van der Waals surface area contributed by atoms with E-state index in [0.29, 0.717) is 17.1 Å². The van der Waals surface area contributed by atoms with Crippen molar-refractivity contribution in [1.82, 2.24) is 14.7 Å². The van der Waals surface area contributed by atoms with Crippen LogP contribution < -0.4 is 9.47 Å². The number of benzene rings is 2. The second-order valence-corrected chi connectivity index (χ2v) is 8.26. The van der Waals surface area contributed by atoms with Crippen LogP contribution in [0.2, 0.25) is 0 Å². The Morgan fingerprint density at radius 1 is 1.06 bits per heavy atom. The highest BCUT2D eigenvalue weighted by Crippen LogP contribution is 2.40. The Bertz CT molecular complexity index is 1330. The summed E-state index contributed by atoms with van der Waals surface area (Å²) in [6, 6.07) is 7.92. The fourth-order valence-corrected chi connectivity index (χ4v) is 4.36. The predicted molar refractivity (Wildman–Crippen MR) is 123 cm³/mol. The molecule has 36 heavy (non-hydrogen) atoms. The molecule has 4 rings (SSSR count). The number of hydrogen-bond acceptors (Lipinski definition) is 6. The van der Waals surface area contributed by atoms with Crippen LogP contribution >= 0.6 is 0 Å². The van der Waals surface area contributed by atoms with E-state index in [0.717, 1.165) is 17.4 Å². The van der Waals surface area contributed by atoms with Crippen molar-refractivity contribution in [3.05, 3.63) is 64.5 Å². The van der Waals surface area contributed by atoms with Crippen molar-refractivity contribution in [2.24, 2.45) is 7.05 Å². The number of aromatic nitrogens is 2. The van der Waals surface area contributed by atoms with E-state index in [1.54, 1.807) is 23.1 Å². The van der Waals surface area contributed by atoms with Crippen molar-refractivity contribution in [2.75, 3.05) is 27.9 Å². The van der Waals surface area contributed by atoms with Gasteiger partial charge in [0.05, 0.1) is 26.9 Å². The molecule has 3 aromatic rings. The second-order valence-electron chi connectivity index (χ2n) is 8.26. The molecule has 11 heteroatoms. The third kappa shape index (κ3) is 4.60. The molecule has 0 fully saturated rings. The molecule has 0 atom stereocenters. The number of rotatable bonds is 6. The SMILES string of the molecule is COC(=O)c1cc2c(c(-c3cn(C)nc3C(F)(F)F)c1)CCN(Cc1ccc(OC)cc1OC)C2=O. The van der Waals surface area contributed by atoms with Crippen LogP contribution in [0, 0.1) is 0 Å². The molecule has 0 saturated heterocycles. The monoisotopic (exact) mass is 503 g/mol. The Kier molecular flexibility index (Phi) is 6.66. The summed E-state index contributed by atoms with van der Waals surface area (Å²) in [5.41, 5.74) is 0.0970. The highest BCUT2D eigenvalue weighted by molar-refractivity contribution is 6.02. The number of amides is 1. The van der Waals surface area contributed by atoms with Gasteiger partial charge in [-0.2, -0.15) is 18.3 Å². The summed E-state index contributed by atoms with van der Waals surface area (Å²) < 4.78 is 57.7. The molecule has 8 nitrogen and oxygen atoms in total. The molecule has 0 bridgehead atoms. The number of halogens is 3. The van der Waals surface area contributed by atoms with Crippen LogP contribution in [0.25, 0.3) is 11.1 Å². The summed E-state index contributed by atoms with van der Waals surface area (Å²) in [6.07, 6.45) is -3.21. The van der Waals surface area contributed by atoms with Crippen molar-refractivity contribution in [1.29, 1.82) is 0 Å². The molecular formula is C25H24F3N3O5. The van der Waals surface area contributed by atoms with Gasteiger partial charge in [0.25, 0.3) is 5.91 Å². The number of nitrogens with zero attached hydrogens (tertiary/aromatic N) is 3. The third-order valence-electron chi connectivity index (χ3n) is 6.06. The molecule has 0 aliphatic carbocycles. The molecule has 0 spiro atoms. The normalized spacial score (nSPS) is 13.4. The first-order chi connectivity index (χ1) is 17.1. The molecule has 1 aromatic heterocycles. The maximum absolute atomic E-state index is 13.7. The molecule has 2 heterocycles. The molecular weight excluding hydrogens is 479 g/mol. The van der Waals surface area contributed by atoms with Gasteiger partial charge in [-0.1, -0.05) is 0 Å². The van der Waals surface area contributed by atoms with Crippen molar-refractivity contribution in [2.45, 2.75) is 19.1 Å². The number of alkyl halides is 3. The lowest BCUT2D eigenvalue weighted by molar-refractivity contribution is -0.141. The van der Waals surface area contributed by atoms with Crippen LogP contribution in [-0.4, -0.2) is 54.4 Å². The van der Waals surface area contributed by atoms with Gasteiger partial charge in [-0.15, -0.1) is 0 Å². The van der Waals surface area contributed by atoms with E-state index in [4.69, 9.17) is 14.2 Å². The lowest BCUT2D eigenvalue weighted by Crippen LogP contribution is -2.37. The van der Waals surface area contributed by atoms with Crippen LogP contribution in [0.5, 0.6) is 11.5 Å². The van der Waals surface area contributed by atoms with Crippen molar-refractivity contribution in [3.8, 4) is 22.6 Å². The van der Waals surface area contributed by atoms with Gasteiger partial charge in [0.2, 0.25) is 0 Å². The van der Waals surface area contributed by atoms with Crippen molar-refractivity contribution in [3.63, 3.8) is 0 Å². The summed E-state index contributed by atoms with van der Waals surface area (Å²) in [7, 11) is 5.58. The number of hydrogen-bond donors (Lipinski definition) is 0. The largest absolute Gasteiger partial charge is 0.497 e. The maximum atomic E-state index is 13.7. The predicted octanol–water partition coefficient (Wildman–Crippen LogP) is 4.11. The van der Waals surface area contributed by atoms with Crippen LogP contribution in [0.15, 0.2) is 36.5 Å². The Hall–Kier alpha value is -4.02. The fourth-order valence-electron chi connectivity index (χ4n) is 4.36. The number of carbonyl (C=O) groups is 2. The van der Waals surface area contributed by atoms with Gasteiger partial charge in [0, 0.05) is 49.1 Å². The van der Waals surface area contributed by atoms with Crippen LogP contribution in [-0.2, 0) is 30.9 Å². The lowest BCUT2D eigenvalue weighted by atomic mass is 9.88. The minimum Gasteiger partial charge on any atom is -0.497 e. The zero-order valence-corrected chi connectivity index (χ0v) is 20.1. The van der Waals surface area contributed by atoms with E-state index >= 15 is 0 Å². The third-order valence-corrected chi connectivity index (χ3v) is 6.06. The minimum atomic E-state index is -4.72. The zero-order valence-electron chi connectivity index (χ0n) is 20.1. The topological polar surface area (TPSA) is 82.9 Å². The van der Waals surface area contributed by atoms with Gasteiger partial charge in [-0.25, -0.2) is 4.79 Å². The van der Waals surface area contributed by atoms with Crippen LogP contribution in [0.4, 0.5) is 13.2 Å². The molecule has 1 aliphatic heterocycles. The van der Waals surface area contributed by atoms with Crippen molar-refractivity contribution >= 4 is 11.9 Å². The number of carbonyl (C=O) groups excluding carboxylic acids is 2. The smallest absolute Gasteiger partial charge is 0.435 e. The van der Waals surface area contributed by atoms with E-state index in [2.05, 4.69) is 5.10 Å². The van der Waals surface area contributed by atoms with Gasteiger partial charge in [-0.05, 0) is 41.8 Å². The molecule has 1 aliphatic rings. The Labute approximate surface area is 205 Å². The summed E-state index contributed by atoms with van der Waals surface area (Å²) in [5, 5.41) is 3.58. The Morgan fingerprint density at radius 2 is 1.78 bits per heavy atom. The molecule has 1 amide bonds. The first-order valence-electron chi connectivity index (χ1n) is 10.9. The molecule has 0 saturated carbocycles. The van der Waals surface area contributed by atoms with Gasteiger partial charge in [0.15, 0.2) is 5.69 Å². The van der Waals surface area contributed by atoms with Crippen molar-refractivity contribution < 1.29 is 37.0 Å². The molecule has 190 valence electrons. The Morgan fingerprint density at radius 3 is 2.42 bits per heavy atom. The summed E-state index contributed by atoms with van der Waals surface area (Å²) >= 11 is 0. The molecule has 0 unspecified atom stereocenters. The summed E-state index contributed by atoms with van der Waals surface area (Å²) in [4.78, 5) is 27.5. The lowest BCUT2D eigenvalue weighted by Gasteiger charge is -2.31. The second kappa shape index (κ2) is 9.56. The van der Waals surface area contributed by atoms with E-state index < -0.39 is 23.7 Å². The van der Waals surface area contributed by atoms with Gasteiger partial charge in [-0.3, -0.25) is 9.48 Å². The zero-order chi connectivity index (χ0) is 26.2. The van der Waals surface area contributed by atoms with E-state index in [9.17, 15) is 22.8 Å². The van der Waals surface area contributed by atoms with E-state index in [1.165, 1.54) is 39.6 Å². The van der Waals surface area contributed by atoms with E-state index in [1.807, 2.05) is 0 Å². The van der Waals surface area contributed by atoms with Crippen LogP contribution in [0.3, 0.4) is 0 Å². The highest BCUT2D eigenvalue weighted by Gasteiger charge is 2.39. The summed E-state index contributed by atoms with van der Waals surface area (Å²) in [6.45, 7) is 0.455. The first-order valence-corrected chi connectivity index (χ1v) is 10.9. The van der Waals surface area contributed by atoms with E-state index in [-0.39, 0.29) is 41.8 Å². The summed E-state index contributed by atoms with van der Waals surface area (Å²) in [5.74, 6) is -0.0610. The molecule has 2 aromatic carbocycles. The molecule has 0 radical (unpaired) electrons. The minimum absolute atomic E-state index is 0.0274. The van der Waals surface area contributed by atoms with Crippen LogP contribution in [0.1, 0.15) is 37.5 Å². The van der Waals surface area contributed by atoms with Gasteiger partial charge >= 0.3 is 12.1 Å². The number of fused-ring (bicyclic) bond motifs is 1. The quantitative estimate of drug-likeness (QED) is 0.471. The maximum Gasteiger partial charge on any atom is 0.435 e. The molecule has 0 N–H and O–H groups in total. The average Bonchev–Trinajstić information content (AvgIpc) is 3.27. The number of methoxy groups -OCH3 is 3. The first kappa shape index (κ1) is 25.1. The van der Waals surface area contributed by atoms with Gasteiger partial charge < -0.3 is 19.1 Å².